The van der Waals surface area contributed by atoms with Crippen LogP contribution in [0.15, 0.2) is 0 Å². The molecule has 1 aliphatic heterocycles. The van der Waals surface area contributed by atoms with Crippen LogP contribution in [0.4, 0.5) is 0 Å². The Morgan fingerprint density at radius 3 is 3.00 bits per heavy atom. The number of terminal acetylenes is 1. The molecular formula is C11H20N2S. The summed E-state index contributed by atoms with van der Waals surface area (Å²) in [7, 11) is 0. The van der Waals surface area contributed by atoms with E-state index in [0.29, 0.717) is 10.8 Å². The lowest BCUT2D eigenvalue weighted by atomic mass is 9.92. The van der Waals surface area contributed by atoms with Crippen LogP contribution in [-0.2, 0) is 0 Å². The highest BCUT2D eigenvalue weighted by molar-refractivity contribution is 8.00. The first-order valence-corrected chi connectivity index (χ1v) is 6.25. The number of hydrogen-bond acceptors (Lipinski definition) is 3. The zero-order chi connectivity index (χ0) is 10.4. The average Bonchev–Trinajstić information content (AvgIpc) is 2.61. The van der Waals surface area contributed by atoms with Crippen molar-refractivity contribution in [3.05, 3.63) is 0 Å². The molecule has 80 valence electrons. The molecular weight excluding hydrogens is 192 g/mol. The normalized spacial score (nSPS) is 28.6. The van der Waals surface area contributed by atoms with E-state index in [2.05, 4.69) is 18.3 Å². The van der Waals surface area contributed by atoms with E-state index in [4.69, 9.17) is 12.3 Å². The highest BCUT2D eigenvalue weighted by atomic mass is 32.2. The molecule has 2 nitrogen and oxygen atoms in total. The molecule has 1 heterocycles. The quantitative estimate of drug-likeness (QED) is 0.316. The van der Waals surface area contributed by atoms with E-state index in [1.807, 2.05) is 11.8 Å². The first-order chi connectivity index (χ1) is 6.73. The molecule has 14 heavy (non-hydrogen) atoms. The van der Waals surface area contributed by atoms with Crippen LogP contribution in [0.3, 0.4) is 0 Å². The lowest BCUT2D eigenvalue weighted by Crippen LogP contribution is -2.48. The second kappa shape index (κ2) is 5.65. The molecule has 0 radical (unpaired) electrons. The van der Waals surface area contributed by atoms with Gasteiger partial charge in [-0.25, -0.2) is 0 Å². The zero-order valence-corrected chi connectivity index (χ0v) is 9.70. The third-order valence-corrected chi connectivity index (χ3v) is 4.64. The number of nitrogens with two attached hydrogens (primary N) is 1. The van der Waals surface area contributed by atoms with Crippen molar-refractivity contribution < 1.29 is 0 Å². The van der Waals surface area contributed by atoms with Crippen LogP contribution in [0.1, 0.15) is 39.0 Å². The molecule has 1 fully saturated rings. The topological polar surface area (TPSA) is 38.0 Å². The predicted molar refractivity (Wildman–Crippen MR) is 63.9 cm³/mol. The molecule has 0 bridgehead atoms. The third-order valence-electron chi connectivity index (χ3n) is 3.00. The first kappa shape index (κ1) is 11.9. The maximum absolute atomic E-state index is 5.61. The molecule has 1 rings (SSSR count). The Kier molecular flexibility index (Phi) is 4.80. The Hall–Kier alpha value is -0.170. The molecule has 2 unspecified atom stereocenters. The minimum atomic E-state index is 0.323. The van der Waals surface area contributed by atoms with E-state index in [9.17, 15) is 0 Å². The van der Waals surface area contributed by atoms with Crippen LogP contribution >= 0.6 is 11.8 Å². The SMILES string of the molecule is C#CCCCC(NN)C1(C)CCCS1. The molecule has 1 saturated heterocycles. The number of rotatable bonds is 5. The van der Waals surface area contributed by atoms with E-state index in [1.54, 1.807) is 0 Å². The van der Waals surface area contributed by atoms with Crippen molar-refractivity contribution >= 4 is 11.8 Å². The van der Waals surface area contributed by atoms with Gasteiger partial charge in [0.25, 0.3) is 0 Å². The highest BCUT2D eigenvalue weighted by Crippen LogP contribution is 2.41. The van der Waals surface area contributed by atoms with Gasteiger partial charge in [-0.1, -0.05) is 0 Å². The van der Waals surface area contributed by atoms with Crippen molar-refractivity contribution in [3.8, 4) is 12.3 Å². The van der Waals surface area contributed by atoms with E-state index in [1.165, 1.54) is 18.6 Å². The summed E-state index contributed by atoms with van der Waals surface area (Å²) in [4.78, 5) is 0. The summed E-state index contributed by atoms with van der Waals surface area (Å²) in [6, 6.07) is 0.406. The standard InChI is InChI=1S/C11H20N2S/c1-3-4-5-7-10(13-12)11(2)8-6-9-14-11/h1,10,13H,4-9,12H2,2H3. The van der Waals surface area contributed by atoms with Crippen molar-refractivity contribution in [1.82, 2.24) is 5.43 Å². The molecule has 0 spiro atoms. The van der Waals surface area contributed by atoms with Gasteiger partial charge in [-0.3, -0.25) is 11.3 Å². The van der Waals surface area contributed by atoms with Crippen LogP contribution < -0.4 is 11.3 Å². The number of unbranched alkanes of at least 4 members (excludes halogenated alkanes) is 1. The van der Waals surface area contributed by atoms with E-state index < -0.39 is 0 Å². The Morgan fingerprint density at radius 2 is 2.50 bits per heavy atom. The van der Waals surface area contributed by atoms with Gasteiger partial charge in [0.1, 0.15) is 0 Å². The average molecular weight is 212 g/mol. The van der Waals surface area contributed by atoms with Crippen molar-refractivity contribution in [2.75, 3.05) is 5.75 Å². The minimum Gasteiger partial charge on any atom is -0.271 e. The number of nitrogens with one attached hydrogen (secondary N) is 1. The van der Waals surface area contributed by atoms with Gasteiger partial charge in [0.2, 0.25) is 0 Å². The lowest BCUT2D eigenvalue weighted by molar-refractivity contribution is 0.380. The number of hydrazine groups is 1. The lowest BCUT2D eigenvalue weighted by Gasteiger charge is -2.32. The van der Waals surface area contributed by atoms with Crippen molar-refractivity contribution in [2.24, 2.45) is 5.84 Å². The Balaban J connectivity index is 2.40. The first-order valence-electron chi connectivity index (χ1n) is 5.26. The molecule has 0 aromatic rings. The molecule has 3 N–H and O–H groups in total. The Morgan fingerprint density at radius 1 is 1.71 bits per heavy atom. The second-order valence-corrected chi connectivity index (χ2v) is 5.71. The fourth-order valence-corrected chi connectivity index (χ4v) is 3.48. The molecule has 0 saturated carbocycles. The Bertz CT molecular complexity index is 204. The summed E-state index contributed by atoms with van der Waals surface area (Å²) in [5.41, 5.74) is 2.95. The molecule has 3 heteroatoms. The summed E-state index contributed by atoms with van der Waals surface area (Å²) < 4.78 is 0.323. The van der Waals surface area contributed by atoms with E-state index in [-0.39, 0.29) is 0 Å². The second-order valence-electron chi connectivity index (χ2n) is 4.08. The van der Waals surface area contributed by atoms with Crippen LogP contribution in [-0.4, -0.2) is 16.5 Å². The molecule has 0 aromatic carbocycles. The Labute approximate surface area is 91.4 Å². The van der Waals surface area contributed by atoms with Gasteiger partial charge in [-0.2, -0.15) is 11.8 Å². The van der Waals surface area contributed by atoms with Gasteiger partial charge in [-0.05, 0) is 38.4 Å². The van der Waals surface area contributed by atoms with Gasteiger partial charge in [0.15, 0.2) is 0 Å². The third kappa shape index (κ3) is 2.91. The summed E-state index contributed by atoms with van der Waals surface area (Å²) in [5.74, 6) is 9.55. The van der Waals surface area contributed by atoms with E-state index in [0.717, 1.165) is 19.3 Å². The minimum absolute atomic E-state index is 0.323. The van der Waals surface area contributed by atoms with Crippen LogP contribution in [0.5, 0.6) is 0 Å². The maximum atomic E-state index is 5.61. The van der Waals surface area contributed by atoms with Crippen molar-refractivity contribution in [3.63, 3.8) is 0 Å². The predicted octanol–water partition coefficient (Wildman–Crippen LogP) is 1.91. The van der Waals surface area contributed by atoms with Crippen LogP contribution in [0.25, 0.3) is 0 Å². The summed E-state index contributed by atoms with van der Waals surface area (Å²) >= 11 is 2.04. The highest BCUT2D eigenvalue weighted by Gasteiger charge is 2.36. The van der Waals surface area contributed by atoms with Crippen molar-refractivity contribution in [2.45, 2.75) is 49.8 Å². The molecule has 0 amide bonds. The molecule has 0 aliphatic carbocycles. The van der Waals surface area contributed by atoms with Crippen molar-refractivity contribution in [1.29, 1.82) is 0 Å². The smallest absolute Gasteiger partial charge is 0.0355 e. The summed E-state index contributed by atoms with van der Waals surface area (Å²) in [6.07, 6.45) is 10.8. The van der Waals surface area contributed by atoms with Gasteiger partial charge in [0.05, 0.1) is 0 Å². The molecule has 1 aliphatic rings. The number of hydrogen-bond donors (Lipinski definition) is 2. The zero-order valence-electron chi connectivity index (χ0n) is 8.88. The van der Waals surface area contributed by atoms with E-state index >= 15 is 0 Å². The van der Waals surface area contributed by atoms with Gasteiger partial charge < -0.3 is 0 Å². The summed E-state index contributed by atoms with van der Waals surface area (Å²) in [5, 5.41) is 0. The van der Waals surface area contributed by atoms with Gasteiger partial charge in [-0.15, -0.1) is 12.3 Å². The number of thioether (sulfide) groups is 1. The largest absolute Gasteiger partial charge is 0.271 e. The van der Waals surface area contributed by atoms with Crippen LogP contribution in [0, 0.1) is 12.3 Å². The van der Waals surface area contributed by atoms with Gasteiger partial charge in [0, 0.05) is 17.2 Å². The van der Waals surface area contributed by atoms with Crippen LogP contribution in [0.2, 0.25) is 0 Å². The molecule has 0 aromatic heterocycles. The van der Waals surface area contributed by atoms with Gasteiger partial charge >= 0.3 is 0 Å². The maximum Gasteiger partial charge on any atom is 0.0355 e. The fraction of sp³-hybridized carbons (Fsp3) is 0.818. The molecule has 2 atom stereocenters. The summed E-state index contributed by atoms with van der Waals surface area (Å²) in [6.45, 7) is 2.31. The monoisotopic (exact) mass is 212 g/mol. The fourth-order valence-electron chi connectivity index (χ4n) is 2.05.